The lowest BCUT2D eigenvalue weighted by Crippen LogP contribution is -2.25. The van der Waals surface area contributed by atoms with E-state index in [1.807, 2.05) is 85.8 Å². The largest absolute Gasteiger partial charge is 0.494 e. The Bertz CT molecular complexity index is 1510. The fraction of sp³-hybridized carbons (Fsp3) is 0.0385. The van der Waals surface area contributed by atoms with Gasteiger partial charge in [-0.05, 0) is 55.5 Å². The number of allylic oxidation sites excluding steroid dienone is 1. The monoisotopic (exact) mass is 437 g/mol. The van der Waals surface area contributed by atoms with Crippen LogP contribution in [0.15, 0.2) is 88.6 Å². The molecule has 6 heteroatoms. The van der Waals surface area contributed by atoms with Gasteiger partial charge in [-0.1, -0.05) is 54.1 Å². The number of para-hydroxylation sites is 2. The summed E-state index contributed by atoms with van der Waals surface area (Å²) in [7, 11) is 0. The maximum Gasteiger partial charge on any atom is 0.270 e. The van der Waals surface area contributed by atoms with Crippen LogP contribution in [0, 0.1) is 11.7 Å². The highest BCUT2D eigenvalue weighted by Crippen LogP contribution is 2.33. The predicted molar refractivity (Wildman–Crippen MR) is 131 cm³/mol. The Balaban J connectivity index is 1.83. The maximum absolute atomic E-state index is 13.6. The van der Waals surface area contributed by atoms with E-state index in [4.69, 9.17) is 12.2 Å². The lowest BCUT2D eigenvalue weighted by atomic mass is 10.1. The molecule has 0 amide bonds. The number of aliphatic imine (C=N–C) groups is 1. The van der Waals surface area contributed by atoms with Crippen molar-refractivity contribution in [2.45, 2.75) is 6.92 Å². The first-order valence-electron chi connectivity index (χ1n) is 10.1. The van der Waals surface area contributed by atoms with Crippen LogP contribution in [0.25, 0.3) is 23.0 Å². The highest BCUT2D eigenvalue weighted by Gasteiger charge is 2.20. The zero-order valence-electron chi connectivity index (χ0n) is 17.3. The molecule has 0 atom stereocenters. The molecular formula is C26H19N3O2S. The lowest BCUT2D eigenvalue weighted by molar-refractivity contribution is 0.429. The summed E-state index contributed by atoms with van der Waals surface area (Å²) in [5.74, 6) is -0.207. The molecule has 32 heavy (non-hydrogen) atoms. The fourth-order valence-electron chi connectivity index (χ4n) is 3.78. The van der Waals surface area contributed by atoms with E-state index in [0.29, 0.717) is 11.4 Å². The number of aromatic hydroxyl groups is 1. The van der Waals surface area contributed by atoms with Crippen LogP contribution in [-0.2, 0) is 0 Å². The molecule has 1 N–H and O–H groups in total. The van der Waals surface area contributed by atoms with Crippen molar-refractivity contribution < 1.29 is 5.11 Å². The molecule has 0 saturated carbocycles. The van der Waals surface area contributed by atoms with Gasteiger partial charge in [0.05, 0.1) is 17.1 Å². The zero-order valence-corrected chi connectivity index (χ0v) is 18.1. The number of nitrogens with zero attached hydrogens (tertiary/aromatic N) is 3. The minimum atomic E-state index is -0.396. The minimum absolute atomic E-state index is 0.140. The van der Waals surface area contributed by atoms with E-state index in [1.165, 1.54) is 9.13 Å². The second-order valence-corrected chi connectivity index (χ2v) is 7.91. The van der Waals surface area contributed by atoms with Gasteiger partial charge in [0.15, 0.2) is 4.77 Å². The van der Waals surface area contributed by atoms with Gasteiger partial charge in [-0.25, -0.2) is 0 Å². The smallest absolute Gasteiger partial charge is 0.270 e. The van der Waals surface area contributed by atoms with Gasteiger partial charge in [0.25, 0.3) is 5.56 Å². The average molecular weight is 438 g/mol. The quantitative estimate of drug-likeness (QED) is 0.423. The zero-order chi connectivity index (χ0) is 22.2. The molecule has 0 saturated heterocycles. The van der Waals surface area contributed by atoms with Gasteiger partial charge in [-0.2, -0.15) is 0 Å². The van der Waals surface area contributed by atoms with Gasteiger partial charge in [-0.3, -0.25) is 18.9 Å². The van der Waals surface area contributed by atoms with E-state index in [1.54, 1.807) is 12.3 Å². The molecule has 4 aromatic rings. The Hall–Kier alpha value is -4.03. The molecular weight excluding hydrogens is 418 g/mol. The van der Waals surface area contributed by atoms with Crippen molar-refractivity contribution >= 4 is 35.8 Å². The highest BCUT2D eigenvalue weighted by molar-refractivity contribution is 7.71. The molecule has 0 aliphatic carbocycles. The molecule has 5 rings (SSSR count). The van der Waals surface area contributed by atoms with Crippen molar-refractivity contribution in [3.05, 3.63) is 111 Å². The van der Waals surface area contributed by atoms with Gasteiger partial charge in [0.2, 0.25) is 5.88 Å². The van der Waals surface area contributed by atoms with Crippen molar-refractivity contribution in [2.75, 3.05) is 0 Å². The Morgan fingerprint density at radius 2 is 1.53 bits per heavy atom. The summed E-state index contributed by atoms with van der Waals surface area (Å²) >= 11 is 5.69. The lowest BCUT2D eigenvalue weighted by Gasteiger charge is -2.17. The first-order chi connectivity index (χ1) is 15.5. The van der Waals surface area contributed by atoms with E-state index < -0.39 is 5.56 Å². The van der Waals surface area contributed by atoms with Crippen LogP contribution < -0.4 is 5.56 Å². The number of fused-ring (bicyclic) bond motifs is 1. The summed E-state index contributed by atoms with van der Waals surface area (Å²) in [5.41, 5.74) is 4.60. The van der Waals surface area contributed by atoms with Crippen molar-refractivity contribution in [1.29, 1.82) is 0 Å². The molecule has 0 fully saturated rings. The van der Waals surface area contributed by atoms with Crippen molar-refractivity contribution in [3.63, 3.8) is 0 Å². The van der Waals surface area contributed by atoms with Gasteiger partial charge in [0.1, 0.15) is 5.56 Å². The van der Waals surface area contributed by atoms with Crippen molar-refractivity contribution in [2.24, 2.45) is 4.99 Å². The predicted octanol–water partition coefficient (Wildman–Crippen LogP) is 5.63. The summed E-state index contributed by atoms with van der Waals surface area (Å²) in [6, 6.07) is 24.5. The Morgan fingerprint density at radius 1 is 0.875 bits per heavy atom. The average Bonchev–Trinajstić information content (AvgIpc) is 3.22. The van der Waals surface area contributed by atoms with Crippen LogP contribution >= 0.6 is 12.2 Å². The van der Waals surface area contributed by atoms with Crippen LogP contribution in [0.5, 0.6) is 5.88 Å². The summed E-state index contributed by atoms with van der Waals surface area (Å²) < 4.78 is 3.15. The fourth-order valence-corrected chi connectivity index (χ4v) is 4.16. The topological polar surface area (TPSA) is 59.5 Å². The summed E-state index contributed by atoms with van der Waals surface area (Å²) in [6.45, 7) is 1.99. The van der Waals surface area contributed by atoms with Gasteiger partial charge < -0.3 is 5.11 Å². The van der Waals surface area contributed by atoms with E-state index in [0.717, 1.165) is 22.4 Å². The standard InChI is InChI=1S/C26H19N3O2S/c1-17-11-13-20(14-12-17)29-25(31)22(15-18-16-27-23-10-6-5-9-21(18)23)24(30)28(26(29)32)19-7-3-2-4-8-19/h2-16,31H,1H3. The van der Waals surface area contributed by atoms with E-state index in [-0.39, 0.29) is 16.2 Å². The van der Waals surface area contributed by atoms with Crippen LogP contribution in [0.2, 0.25) is 0 Å². The molecule has 1 aliphatic rings. The van der Waals surface area contributed by atoms with Crippen LogP contribution in [0.3, 0.4) is 0 Å². The third-order valence-corrected chi connectivity index (χ3v) is 5.80. The molecule has 1 aromatic heterocycles. The van der Waals surface area contributed by atoms with Crippen LogP contribution in [0.1, 0.15) is 16.7 Å². The molecule has 0 radical (unpaired) electrons. The van der Waals surface area contributed by atoms with E-state index in [2.05, 4.69) is 4.99 Å². The van der Waals surface area contributed by atoms with Crippen molar-refractivity contribution in [1.82, 2.24) is 9.13 Å². The number of hydrogen-bond donors (Lipinski definition) is 1. The molecule has 3 aromatic carbocycles. The number of benzene rings is 3. The SMILES string of the molecule is Cc1ccc(-n2c(O)c(C=C3C=Nc4ccccc43)c(=O)n(-c3ccccc3)c2=S)cc1. The Labute approximate surface area is 189 Å². The summed E-state index contributed by atoms with van der Waals surface area (Å²) in [6.07, 6.45) is 3.38. The first kappa shape index (κ1) is 19.9. The Kier molecular flexibility index (Phi) is 4.92. The number of hydrogen-bond acceptors (Lipinski definition) is 4. The second-order valence-electron chi connectivity index (χ2n) is 7.54. The summed E-state index contributed by atoms with van der Waals surface area (Å²) in [4.78, 5) is 18.0. The minimum Gasteiger partial charge on any atom is -0.494 e. The third kappa shape index (κ3) is 3.31. The van der Waals surface area contributed by atoms with Gasteiger partial charge >= 0.3 is 0 Å². The molecule has 2 heterocycles. The Morgan fingerprint density at radius 3 is 2.28 bits per heavy atom. The van der Waals surface area contributed by atoms with Crippen LogP contribution in [0.4, 0.5) is 5.69 Å². The maximum atomic E-state index is 13.6. The highest BCUT2D eigenvalue weighted by atomic mass is 32.1. The second kappa shape index (κ2) is 7.90. The number of rotatable bonds is 3. The summed E-state index contributed by atoms with van der Waals surface area (Å²) in [5, 5.41) is 11.2. The van der Waals surface area contributed by atoms with Crippen molar-refractivity contribution in [3.8, 4) is 17.3 Å². The van der Waals surface area contributed by atoms with Gasteiger partial charge in [-0.15, -0.1) is 0 Å². The third-order valence-electron chi connectivity index (χ3n) is 5.43. The normalized spacial score (nSPS) is 13.5. The molecule has 0 bridgehead atoms. The molecule has 156 valence electrons. The number of aryl methyl sites for hydroxylation is 1. The van der Waals surface area contributed by atoms with E-state index >= 15 is 0 Å². The molecule has 0 spiro atoms. The first-order valence-corrected chi connectivity index (χ1v) is 10.5. The number of aromatic nitrogens is 2. The molecule has 1 aliphatic heterocycles. The molecule has 0 unspecified atom stereocenters. The van der Waals surface area contributed by atoms with E-state index in [9.17, 15) is 9.90 Å². The van der Waals surface area contributed by atoms with Gasteiger partial charge in [0, 0.05) is 17.4 Å². The molecule has 5 nitrogen and oxygen atoms in total. The van der Waals surface area contributed by atoms with Crippen LogP contribution in [-0.4, -0.2) is 20.5 Å².